The molecule has 0 aliphatic carbocycles. The van der Waals surface area contributed by atoms with Gasteiger partial charge in [-0.25, -0.2) is 4.39 Å². The van der Waals surface area contributed by atoms with Crippen LogP contribution in [0.2, 0.25) is 0 Å². The first kappa shape index (κ1) is 37.0. The van der Waals surface area contributed by atoms with Crippen LogP contribution in [0.15, 0.2) is 0 Å². The molecule has 0 rings (SSSR count). The summed E-state index contributed by atoms with van der Waals surface area (Å²) in [5.41, 5.74) is 0. The van der Waals surface area contributed by atoms with Gasteiger partial charge in [0.05, 0.1) is 119 Å². The van der Waals surface area contributed by atoms with E-state index >= 15 is 0 Å². The van der Waals surface area contributed by atoms with E-state index in [9.17, 15) is 9.18 Å². The molecule has 0 aromatic heterocycles. The molecule has 0 spiro atoms. The second kappa shape index (κ2) is 34.1. The predicted molar refractivity (Wildman–Crippen MR) is 138 cm³/mol. The molecule has 0 saturated carbocycles. The van der Waals surface area contributed by atoms with E-state index in [0.29, 0.717) is 119 Å². The van der Waals surface area contributed by atoms with Crippen LogP contribution in [0, 0.1) is 0 Å². The summed E-state index contributed by atoms with van der Waals surface area (Å²) in [7, 11) is 0. The number of unbranched alkanes of at least 4 members (excludes halogenated alkanes) is 2. The van der Waals surface area contributed by atoms with Crippen LogP contribution >= 0.6 is 0 Å². The van der Waals surface area contributed by atoms with Crippen molar-refractivity contribution in [1.29, 1.82) is 0 Å². The van der Waals surface area contributed by atoms with Gasteiger partial charge in [0, 0.05) is 6.42 Å². The van der Waals surface area contributed by atoms with Crippen LogP contribution in [0.25, 0.3) is 0 Å². The lowest BCUT2D eigenvalue weighted by molar-refractivity contribution is -0.145. The Bertz CT molecular complexity index is 461. The summed E-state index contributed by atoms with van der Waals surface area (Å²) in [6, 6.07) is 0. The minimum Gasteiger partial charge on any atom is -0.463 e. The van der Waals surface area contributed by atoms with Gasteiger partial charge < -0.3 is 47.4 Å². The van der Waals surface area contributed by atoms with Gasteiger partial charge in [0.25, 0.3) is 0 Å². The molecular formula is C26H51FO11. The maximum absolute atomic E-state index is 11.8. The van der Waals surface area contributed by atoms with E-state index in [-0.39, 0.29) is 19.2 Å². The van der Waals surface area contributed by atoms with Crippen molar-refractivity contribution in [1.82, 2.24) is 0 Å². The fraction of sp³-hybridized carbons (Fsp3) is 0.962. The topological polar surface area (TPSA) is 109 Å². The quantitative estimate of drug-likeness (QED) is 0.0874. The molecule has 0 fully saturated rings. The summed E-state index contributed by atoms with van der Waals surface area (Å²) >= 11 is 0. The molecule has 38 heavy (non-hydrogen) atoms. The maximum Gasteiger partial charge on any atom is 0.305 e. The van der Waals surface area contributed by atoms with Crippen molar-refractivity contribution in [2.45, 2.75) is 32.6 Å². The Hall–Kier alpha value is -0.960. The maximum atomic E-state index is 11.8. The predicted octanol–water partition coefficient (Wildman–Crippen LogP) is 2.23. The number of rotatable bonds is 33. The third-order valence-corrected chi connectivity index (χ3v) is 4.67. The number of carbonyl (C=O) groups excluding carboxylic acids is 1. The fourth-order valence-corrected chi connectivity index (χ4v) is 2.72. The van der Waals surface area contributed by atoms with Crippen molar-refractivity contribution in [2.75, 3.05) is 132 Å². The number of hydrogen-bond acceptors (Lipinski definition) is 11. The molecule has 0 N–H and O–H groups in total. The number of carbonyl (C=O) groups is 1. The molecule has 0 aliphatic rings. The van der Waals surface area contributed by atoms with Crippen LogP contribution in [0.5, 0.6) is 0 Å². The highest BCUT2D eigenvalue weighted by Gasteiger charge is 2.01. The van der Waals surface area contributed by atoms with Crippen molar-refractivity contribution >= 4 is 5.97 Å². The Morgan fingerprint density at radius 2 is 0.737 bits per heavy atom. The first-order chi connectivity index (χ1) is 18.8. The summed E-state index contributed by atoms with van der Waals surface area (Å²) in [5.74, 6) is -0.162. The molecule has 0 aliphatic heterocycles. The van der Waals surface area contributed by atoms with Gasteiger partial charge >= 0.3 is 5.97 Å². The lowest BCUT2D eigenvalue weighted by Crippen LogP contribution is -2.15. The van der Waals surface area contributed by atoms with Crippen LogP contribution in [-0.4, -0.2) is 138 Å². The molecule has 0 bridgehead atoms. The Balaban J connectivity index is 3.06. The summed E-state index contributed by atoms with van der Waals surface area (Å²) in [5, 5.41) is 0. The van der Waals surface area contributed by atoms with Crippen molar-refractivity contribution in [3.63, 3.8) is 0 Å². The minimum atomic E-state index is -0.475. The van der Waals surface area contributed by atoms with Gasteiger partial charge in [0.2, 0.25) is 0 Å². The fourth-order valence-electron chi connectivity index (χ4n) is 2.72. The highest BCUT2D eigenvalue weighted by Crippen LogP contribution is 2.00. The lowest BCUT2D eigenvalue weighted by atomic mass is 10.2. The zero-order chi connectivity index (χ0) is 27.6. The molecule has 0 saturated heterocycles. The van der Waals surface area contributed by atoms with E-state index in [1.807, 2.05) is 0 Å². The summed E-state index contributed by atoms with van der Waals surface area (Å²) in [6.07, 6.45) is 3.49. The van der Waals surface area contributed by atoms with Gasteiger partial charge in [-0.2, -0.15) is 0 Å². The molecule has 0 aromatic carbocycles. The van der Waals surface area contributed by atoms with Gasteiger partial charge in [0.15, 0.2) is 0 Å². The molecule has 0 atom stereocenters. The largest absolute Gasteiger partial charge is 0.463 e. The van der Waals surface area contributed by atoms with Crippen LogP contribution in [0.4, 0.5) is 4.39 Å². The zero-order valence-corrected chi connectivity index (χ0v) is 23.3. The Morgan fingerprint density at radius 3 is 1.03 bits per heavy atom. The minimum absolute atomic E-state index is 0.112. The molecule has 228 valence electrons. The Kier molecular flexibility index (Phi) is 33.2. The van der Waals surface area contributed by atoms with Crippen LogP contribution in [0.1, 0.15) is 32.6 Å². The Morgan fingerprint density at radius 1 is 0.447 bits per heavy atom. The number of esters is 1. The molecule has 0 heterocycles. The first-order valence-corrected chi connectivity index (χ1v) is 13.7. The number of alkyl halides is 1. The third-order valence-electron chi connectivity index (χ3n) is 4.67. The SMILES string of the molecule is CCCCCC(=O)OCCOCCOCCOCCOCCOCCOCCOCCOCCOCCF. The zero-order valence-electron chi connectivity index (χ0n) is 23.3. The van der Waals surface area contributed by atoms with Gasteiger partial charge in [-0.15, -0.1) is 0 Å². The third kappa shape index (κ3) is 33.1. The smallest absolute Gasteiger partial charge is 0.305 e. The van der Waals surface area contributed by atoms with E-state index in [0.717, 1.165) is 19.3 Å². The average Bonchev–Trinajstić information content (AvgIpc) is 2.92. The lowest BCUT2D eigenvalue weighted by Gasteiger charge is -2.09. The molecule has 0 radical (unpaired) electrons. The van der Waals surface area contributed by atoms with Crippen molar-refractivity contribution in [3.8, 4) is 0 Å². The summed E-state index contributed by atoms with van der Waals surface area (Å²) < 4.78 is 64.9. The number of ether oxygens (including phenoxy) is 10. The normalized spacial score (nSPS) is 11.3. The van der Waals surface area contributed by atoms with Gasteiger partial charge in [-0.05, 0) is 6.42 Å². The van der Waals surface area contributed by atoms with Crippen LogP contribution in [-0.2, 0) is 52.2 Å². The highest BCUT2D eigenvalue weighted by molar-refractivity contribution is 5.69. The molecule has 0 amide bonds. The molecule has 12 heteroatoms. The second-order valence-corrected chi connectivity index (χ2v) is 7.88. The molecule has 0 aromatic rings. The average molecular weight is 559 g/mol. The molecule has 0 unspecified atom stereocenters. The van der Waals surface area contributed by atoms with E-state index in [1.165, 1.54) is 0 Å². The first-order valence-electron chi connectivity index (χ1n) is 13.7. The second-order valence-electron chi connectivity index (χ2n) is 7.88. The van der Waals surface area contributed by atoms with Crippen LogP contribution < -0.4 is 0 Å². The van der Waals surface area contributed by atoms with Crippen molar-refractivity contribution in [2.24, 2.45) is 0 Å². The standard InChI is InChI=1S/C26H51FO11/c1-2-3-4-5-26(28)38-25-24-37-23-22-36-21-20-35-19-18-34-17-16-33-15-14-32-13-12-31-11-10-30-9-8-29-7-6-27/h2-25H2,1H3. The summed E-state index contributed by atoms with van der Waals surface area (Å²) in [6.45, 7) is 9.98. The van der Waals surface area contributed by atoms with E-state index < -0.39 is 6.67 Å². The van der Waals surface area contributed by atoms with Crippen molar-refractivity contribution < 1.29 is 56.6 Å². The molecule has 11 nitrogen and oxygen atoms in total. The van der Waals surface area contributed by atoms with Gasteiger partial charge in [-0.3, -0.25) is 4.79 Å². The highest BCUT2D eigenvalue weighted by atomic mass is 19.1. The van der Waals surface area contributed by atoms with Gasteiger partial charge in [-0.1, -0.05) is 19.8 Å². The summed E-state index contributed by atoms with van der Waals surface area (Å²) in [4.78, 5) is 11.4. The van der Waals surface area contributed by atoms with Crippen molar-refractivity contribution in [3.05, 3.63) is 0 Å². The molecular weight excluding hydrogens is 507 g/mol. The van der Waals surface area contributed by atoms with Gasteiger partial charge in [0.1, 0.15) is 13.3 Å². The van der Waals surface area contributed by atoms with E-state index in [1.54, 1.807) is 0 Å². The van der Waals surface area contributed by atoms with E-state index in [2.05, 4.69) is 6.92 Å². The van der Waals surface area contributed by atoms with E-state index in [4.69, 9.17) is 47.4 Å². The Labute approximate surface area is 227 Å². The monoisotopic (exact) mass is 558 g/mol. The number of halogens is 1. The van der Waals surface area contributed by atoms with Crippen LogP contribution in [0.3, 0.4) is 0 Å². The number of hydrogen-bond donors (Lipinski definition) is 0.